The molecule has 0 spiro atoms. The molecule has 8 nitrogen and oxygen atoms in total. The summed E-state index contributed by atoms with van der Waals surface area (Å²) in [7, 11) is 0. The molecule has 1 aliphatic heterocycles. The SMILES string of the molecule is CCC1(N2CCOCC2)CCC(Oc2ccnc3sc4c(c23)[C@@H](CC(=O)NCC(=O)O)CC4)CC1. The van der Waals surface area contributed by atoms with E-state index in [1.807, 2.05) is 12.3 Å². The number of fused-ring (bicyclic) bond motifs is 3. The first-order valence-corrected chi connectivity index (χ1v) is 13.7. The predicted molar refractivity (Wildman–Crippen MR) is 134 cm³/mol. The van der Waals surface area contributed by atoms with Gasteiger partial charge in [-0.05, 0) is 62.5 Å². The van der Waals surface area contributed by atoms with Crippen molar-refractivity contribution in [3.63, 3.8) is 0 Å². The van der Waals surface area contributed by atoms with Gasteiger partial charge in [0.05, 0.1) is 24.7 Å². The Kier molecular flexibility index (Phi) is 7.27. The lowest BCUT2D eigenvalue weighted by Gasteiger charge is -2.49. The number of nitrogens with one attached hydrogen (secondary N) is 1. The van der Waals surface area contributed by atoms with E-state index in [0.29, 0.717) is 6.42 Å². The molecule has 35 heavy (non-hydrogen) atoms. The molecule has 1 saturated heterocycles. The third kappa shape index (κ3) is 5.04. The molecule has 1 atom stereocenters. The van der Waals surface area contributed by atoms with Crippen LogP contribution in [0.5, 0.6) is 5.75 Å². The van der Waals surface area contributed by atoms with Gasteiger partial charge in [-0.1, -0.05) is 6.92 Å². The maximum atomic E-state index is 12.4. The van der Waals surface area contributed by atoms with E-state index >= 15 is 0 Å². The average Bonchev–Trinajstić information content (AvgIpc) is 3.44. The zero-order chi connectivity index (χ0) is 24.4. The Morgan fingerprint density at radius 2 is 2.06 bits per heavy atom. The number of hydrogen-bond donors (Lipinski definition) is 2. The van der Waals surface area contributed by atoms with Gasteiger partial charge >= 0.3 is 5.97 Å². The number of carboxylic acid groups (broad SMARTS) is 1. The molecule has 190 valence electrons. The lowest BCUT2D eigenvalue weighted by Crippen LogP contribution is -2.55. The second-order valence-corrected chi connectivity index (χ2v) is 11.1. The van der Waals surface area contributed by atoms with Crippen molar-refractivity contribution in [2.24, 2.45) is 0 Å². The second-order valence-electron chi connectivity index (χ2n) is 10.0. The minimum atomic E-state index is -1.03. The van der Waals surface area contributed by atoms with Gasteiger partial charge in [0.1, 0.15) is 17.1 Å². The lowest BCUT2D eigenvalue weighted by atomic mass is 9.77. The zero-order valence-electron chi connectivity index (χ0n) is 20.4. The summed E-state index contributed by atoms with van der Waals surface area (Å²) in [6, 6.07) is 1.97. The maximum Gasteiger partial charge on any atom is 0.322 e. The minimum absolute atomic E-state index is 0.0690. The van der Waals surface area contributed by atoms with Gasteiger partial charge in [0.15, 0.2) is 0 Å². The van der Waals surface area contributed by atoms with Gasteiger partial charge in [0.2, 0.25) is 5.91 Å². The van der Waals surface area contributed by atoms with E-state index in [4.69, 9.17) is 14.6 Å². The molecule has 1 saturated carbocycles. The number of hydrogen-bond acceptors (Lipinski definition) is 7. The molecule has 9 heteroatoms. The first-order valence-electron chi connectivity index (χ1n) is 12.9. The number of aromatic nitrogens is 1. The van der Waals surface area contributed by atoms with Crippen molar-refractivity contribution in [2.75, 3.05) is 32.8 Å². The number of ether oxygens (including phenoxy) is 2. The van der Waals surface area contributed by atoms with Crippen LogP contribution in [0.4, 0.5) is 0 Å². The standard InChI is InChI=1S/C26H35N3O5S/c1-2-26(29-11-13-33-14-12-29)8-5-18(6-9-26)34-19-7-10-27-25-24(19)23-17(3-4-20(23)35-25)15-21(30)28-16-22(31)32/h7,10,17-18H,2-6,8-9,11-16H2,1H3,(H,28,30)(H,31,32)/t17-,18?,26?/m1/s1. The van der Waals surface area contributed by atoms with E-state index in [-0.39, 0.29) is 30.0 Å². The van der Waals surface area contributed by atoms with Crippen molar-refractivity contribution in [1.82, 2.24) is 15.2 Å². The summed E-state index contributed by atoms with van der Waals surface area (Å²) in [5, 5.41) is 12.4. The van der Waals surface area contributed by atoms with Gasteiger partial charge in [0.25, 0.3) is 0 Å². The van der Waals surface area contributed by atoms with Gasteiger partial charge in [-0.25, -0.2) is 4.98 Å². The quantitative estimate of drug-likeness (QED) is 0.569. The molecule has 2 aromatic rings. The summed E-state index contributed by atoms with van der Waals surface area (Å²) in [4.78, 5) is 32.7. The van der Waals surface area contributed by atoms with Gasteiger partial charge in [-0.3, -0.25) is 14.5 Å². The van der Waals surface area contributed by atoms with E-state index < -0.39 is 5.97 Å². The van der Waals surface area contributed by atoms with E-state index in [1.165, 1.54) is 10.4 Å². The van der Waals surface area contributed by atoms with Crippen LogP contribution in [-0.2, 0) is 20.7 Å². The fourth-order valence-corrected chi connectivity index (χ4v) is 7.52. The highest BCUT2D eigenvalue weighted by Gasteiger charge is 2.40. The van der Waals surface area contributed by atoms with Gasteiger partial charge in [-0.2, -0.15) is 0 Å². The van der Waals surface area contributed by atoms with Crippen LogP contribution in [-0.4, -0.2) is 71.4 Å². The predicted octanol–water partition coefficient (Wildman–Crippen LogP) is 3.72. The number of morpholine rings is 1. The molecule has 2 fully saturated rings. The fraction of sp³-hybridized carbons (Fsp3) is 0.654. The van der Waals surface area contributed by atoms with Gasteiger partial charge in [0, 0.05) is 36.1 Å². The summed E-state index contributed by atoms with van der Waals surface area (Å²) < 4.78 is 12.2. The molecule has 0 bridgehead atoms. The van der Waals surface area contributed by atoms with Crippen LogP contribution in [0.3, 0.4) is 0 Å². The van der Waals surface area contributed by atoms with Gasteiger partial charge in [-0.15, -0.1) is 11.3 Å². The van der Waals surface area contributed by atoms with Crippen molar-refractivity contribution in [3.8, 4) is 5.75 Å². The third-order valence-corrected chi connectivity index (χ3v) is 9.33. The van der Waals surface area contributed by atoms with Crippen LogP contribution in [0.25, 0.3) is 10.2 Å². The van der Waals surface area contributed by atoms with Crippen molar-refractivity contribution >= 4 is 33.4 Å². The van der Waals surface area contributed by atoms with Crippen LogP contribution in [0, 0.1) is 0 Å². The van der Waals surface area contributed by atoms with E-state index in [1.54, 1.807) is 11.3 Å². The number of rotatable bonds is 8. The second kappa shape index (κ2) is 10.4. The number of nitrogens with zero attached hydrogens (tertiary/aromatic N) is 2. The van der Waals surface area contributed by atoms with E-state index in [2.05, 4.69) is 22.1 Å². The summed E-state index contributed by atoms with van der Waals surface area (Å²) in [5.74, 6) is -0.299. The molecule has 1 amide bonds. The van der Waals surface area contributed by atoms with Crippen LogP contribution in [0.15, 0.2) is 12.3 Å². The van der Waals surface area contributed by atoms with Crippen molar-refractivity contribution < 1.29 is 24.2 Å². The molecule has 2 N–H and O–H groups in total. The number of thiophene rings is 1. The Morgan fingerprint density at radius 3 is 2.77 bits per heavy atom. The number of carbonyl (C=O) groups excluding carboxylic acids is 1. The molecule has 0 radical (unpaired) electrons. The fourth-order valence-electron chi connectivity index (χ4n) is 6.26. The van der Waals surface area contributed by atoms with E-state index in [0.717, 1.165) is 87.2 Å². The topological polar surface area (TPSA) is 101 Å². The molecule has 3 heterocycles. The first-order chi connectivity index (χ1) is 17.0. The lowest BCUT2D eigenvalue weighted by molar-refractivity contribution is -0.138. The summed E-state index contributed by atoms with van der Waals surface area (Å²) in [6.07, 6.45) is 9.60. The largest absolute Gasteiger partial charge is 0.490 e. The average molecular weight is 502 g/mol. The summed E-state index contributed by atoms with van der Waals surface area (Å²) >= 11 is 1.70. The molecule has 5 rings (SSSR count). The number of aliphatic carboxylic acids is 1. The monoisotopic (exact) mass is 501 g/mol. The summed E-state index contributed by atoms with van der Waals surface area (Å²) in [5.41, 5.74) is 1.44. The smallest absolute Gasteiger partial charge is 0.322 e. The number of pyridine rings is 1. The molecular weight excluding hydrogens is 466 g/mol. The highest BCUT2D eigenvalue weighted by Crippen LogP contribution is 2.48. The third-order valence-electron chi connectivity index (χ3n) is 8.16. The first kappa shape index (κ1) is 24.5. The molecule has 0 aromatic carbocycles. The van der Waals surface area contributed by atoms with Crippen LogP contribution in [0.1, 0.15) is 68.2 Å². The van der Waals surface area contributed by atoms with Crippen molar-refractivity contribution in [1.29, 1.82) is 0 Å². The molecule has 3 aliphatic rings. The molecular formula is C26H35N3O5S. The van der Waals surface area contributed by atoms with E-state index in [9.17, 15) is 9.59 Å². The number of carbonyl (C=O) groups is 2. The Morgan fingerprint density at radius 1 is 1.29 bits per heavy atom. The number of amides is 1. The van der Waals surface area contributed by atoms with Crippen LogP contribution >= 0.6 is 11.3 Å². The number of aryl methyl sites for hydroxylation is 1. The van der Waals surface area contributed by atoms with Crippen molar-refractivity contribution in [2.45, 2.75) is 75.9 Å². The Bertz CT molecular complexity index is 1070. The normalized spacial score (nSPS) is 27.0. The highest BCUT2D eigenvalue weighted by atomic mass is 32.1. The Labute approximate surface area is 210 Å². The zero-order valence-corrected chi connectivity index (χ0v) is 21.2. The molecule has 2 aromatic heterocycles. The Balaban J connectivity index is 1.30. The van der Waals surface area contributed by atoms with Gasteiger partial charge < -0.3 is 19.9 Å². The minimum Gasteiger partial charge on any atom is -0.490 e. The number of carboxylic acids is 1. The Hall–Kier alpha value is -2.23. The molecule has 0 unspecified atom stereocenters. The van der Waals surface area contributed by atoms with Crippen LogP contribution in [0.2, 0.25) is 0 Å². The highest BCUT2D eigenvalue weighted by molar-refractivity contribution is 7.19. The van der Waals surface area contributed by atoms with Crippen molar-refractivity contribution in [3.05, 3.63) is 22.7 Å². The maximum absolute atomic E-state index is 12.4. The summed E-state index contributed by atoms with van der Waals surface area (Å²) in [6.45, 7) is 5.67. The molecule has 2 aliphatic carbocycles. The van der Waals surface area contributed by atoms with Crippen LogP contribution < -0.4 is 10.1 Å².